The van der Waals surface area contributed by atoms with Crippen molar-refractivity contribution in [3.63, 3.8) is 0 Å². The van der Waals surface area contributed by atoms with Crippen molar-refractivity contribution in [2.45, 2.75) is 6.92 Å². The smallest absolute Gasteiger partial charge is 0.393 e. The molecule has 0 bridgehead atoms. The molecule has 0 aliphatic rings. The molecule has 0 amide bonds. The van der Waals surface area contributed by atoms with Crippen molar-refractivity contribution < 1.29 is 14.3 Å². The van der Waals surface area contributed by atoms with E-state index in [1.54, 1.807) is 0 Å². The Morgan fingerprint density at radius 2 is 2.36 bits per heavy atom. The maximum Gasteiger partial charge on any atom is 0.393 e. The van der Waals surface area contributed by atoms with Gasteiger partial charge in [-0.25, -0.2) is 4.79 Å². The summed E-state index contributed by atoms with van der Waals surface area (Å²) >= 11 is 1.44. The Bertz CT molecular complexity index is 474. The molecule has 14 heavy (non-hydrogen) atoms. The van der Waals surface area contributed by atoms with E-state index in [2.05, 4.69) is 10.2 Å². The van der Waals surface area contributed by atoms with Gasteiger partial charge in [-0.2, -0.15) is 0 Å². The zero-order chi connectivity index (χ0) is 10.1. The molecule has 5 nitrogen and oxygen atoms in total. The Hall–Kier alpha value is -1.69. The lowest BCUT2D eigenvalue weighted by Gasteiger charge is -1.89. The largest absolute Gasteiger partial charge is 0.474 e. The normalized spacial score (nSPS) is 10.4. The van der Waals surface area contributed by atoms with Gasteiger partial charge in [0, 0.05) is 0 Å². The number of aromatic nitrogens is 2. The third-order valence-electron chi connectivity index (χ3n) is 1.66. The number of hydrogen-bond acceptors (Lipinski definition) is 5. The number of carboxylic acid groups (broad SMARTS) is 1. The summed E-state index contributed by atoms with van der Waals surface area (Å²) in [6, 6.07) is 1.91. The van der Waals surface area contributed by atoms with Crippen LogP contribution in [-0.4, -0.2) is 21.3 Å². The second kappa shape index (κ2) is 3.22. The Labute approximate surface area is 83.0 Å². The number of rotatable bonds is 2. The van der Waals surface area contributed by atoms with E-state index in [0.717, 1.165) is 10.4 Å². The third kappa shape index (κ3) is 1.39. The number of carbonyl (C=O) groups is 1. The van der Waals surface area contributed by atoms with Crippen LogP contribution in [0.1, 0.15) is 16.2 Å². The van der Waals surface area contributed by atoms with Crippen LogP contribution >= 0.6 is 11.3 Å². The average molecular weight is 210 g/mol. The van der Waals surface area contributed by atoms with E-state index < -0.39 is 5.97 Å². The van der Waals surface area contributed by atoms with Gasteiger partial charge in [0.1, 0.15) is 0 Å². The van der Waals surface area contributed by atoms with Crippen LogP contribution in [0.15, 0.2) is 15.9 Å². The fraction of sp³-hybridized carbons (Fsp3) is 0.125. The minimum Gasteiger partial charge on any atom is -0.474 e. The summed E-state index contributed by atoms with van der Waals surface area (Å²) in [6.07, 6.45) is 0. The van der Waals surface area contributed by atoms with Crippen LogP contribution < -0.4 is 0 Å². The predicted molar refractivity (Wildman–Crippen MR) is 49.3 cm³/mol. The van der Waals surface area contributed by atoms with Crippen LogP contribution in [0.4, 0.5) is 0 Å². The number of hydrogen-bond donors (Lipinski definition) is 1. The quantitative estimate of drug-likeness (QED) is 0.817. The van der Waals surface area contributed by atoms with E-state index in [9.17, 15) is 4.79 Å². The van der Waals surface area contributed by atoms with E-state index >= 15 is 0 Å². The first-order valence-electron chi connectivity index (χ1n) is 3.80. The summed E-state index contributed by atoms with van der Waals surface area (Å²) in [7, 11) is 0. The van der Waals surface area contributed by atoms with Crippen molar-refractivity contribution in [3.05, 3.63) is 22.9 Å². The maximum absolute atomic E-state index is 10.5. The first-order valence-corrected chi connectivity index (χ1v) is 4.67. The molecule has 0 aliphatic carbocycles. The minimum absolute atomic E-state index is 0.259. The van der Waals surface area contributed by atoms with Gasteiger partial charge in [-0.15, -0.1) is 21.5 Å². The molecule has 0 atom stereocenters. The van der Waals surface area contributed by atoms with Gasteiger partial charge in [-0.05, 0) is 23.9 Å². The summed E-state index contributed by atoms with van der Waals surface area (Å²) in [4.78, 5) is 11.3. The molecular formula is C8H6N2O3S. The summed E-state index contributed by atoms with van der Waals surface area (Å²) < 4.78 is 4.96. The molecule has 0 aliphatic heterocycles. The van der Waals surface area contributed by atoms with Crippen LogP contribution in [0.5, 0.6) is 0 Å². The van der Waals surface area contributed by atoms with Crippen molar-refractivity contribution in [2.24, 2.45) is 0 Å². The molecule has 0 fully saturated rings. The summed E-state index contributed by atoms with van der Waals surface area (Å²) in [6.45, 7) is 1.90. The number of carboxylic acids is 1. The lowest BCUT2D eigenvalue weighted by atomic mass is 10.3. The van der Waals surface area contributed by atoms with Crippen molar-refractivity contribution >= 4 is 17.3 Å². The predicted octanol–water partition coefficient (Wildman–Crippen LogP) is 1.80. The average Bonchev–Trinajstić information content (AvgIpc) is 2.71. The number of thiophene rings is 1. The SMILES string of the molecule is Cc1ccsc1-c1nnc(C(=O)O)o1. The highest BCUT2D eigenvalue weighted by molar-refractivity contribution is 7.13. The molecule has 2 aromatic rings. The molecule has 0 saturated carbocycles. The van der Waals surface area contributed by atoms with Crippen molar-refractivity contribution in [3.8, 4) is 10.8 Å². The van der Waals surface area contributed by atoms with Gasteiger partial charge >= 0.3 is 11.9 Å². The van der Waals surface area contributed by atoms with Gasteiger partial charge in [-0.1, -0.05) is 0 Å². The molecule has 0 radical (unpaired) electrons. The van der Waals surface area contributed by atoms with E-state index in [1.165, 1.54) is 11.3 Å². The third-order valence-corrected chi connectivity index (χ3v) is 2.67. The van der Waals surface area contributed by atoms with Gasteiger partial charge in [0.2, 0.25) is 0 Å². The fourth-order valence-corrected chi connectivity index (χ4v) is 1.84. The summed E-state index contributed by atoms with van der Waals surface area (Å²) in [5, 5.41) is 17.5. The van der Waals surface area contributed by atoms with Crippen LogP contribution in [0, 0.1) is 6.92 Å². The van der Waals surface area contributed by atoms with Gasteiger partial charge in [0.05, 0.1) is 4.88 Å². The van der Waals surface area contributed by atoms with Crippen LogP contribution in [0.25, 0.3) is 10.8 Å². The van der Waals surface area contributed by atoms with E-state index in [1.807, 2.05) is 18.4 Å². The number of aryl methyl sites for hydroxylation is 1. The summed E-state index contributed by atoms with van der Waals surface area (Å²) in [5.74, 6) is -1.33. The number of nitrogens with zero attached hydrogens (tertiary/aromatic N) is 2. The lowest BCUT2D eigenvalue weighted by Crippen LogP contribution is -1.95. The monoisotopic (exact) mass is 210 g/mol. The van der Waals surface area contributed by atoms with Crippen LogP contribution in [0.3, 0.4) is 0 Å². The number of aromatic carboxylic acids is 1. The Kier molecular flexibility index (Phi) is 2.05. The minimum atomic E-state index is -1.21. The first-order chi connectivity index (χ1) is 6.68. The molecule has 0 unspecified atom stereocenters. The van der Waals surface area contributed by atoms with Gasteiger partial charge in [-0.3, -0.25) is 0 Å². The highest BCUT2D eigenvalue weighted by atomic mass is 32.1. The topological polar surface area (TPSA) is 76.2 Å². The van der Waals surface area contributed by atoms with Crippen molar-refractivity contribution in [1.29, 1.82) is 0 Å². The molecule has 2 aromatic heterocycles. The Balaban J connectivity index is 2.43. The molecule has 2 heterocycles. The molecule has 72 valence electrons. The van der Waals surface area contributed by atoms with E-state index in [0.29, 0.717) is 0 Å². The van der Waals surface area contributed by atoms with Crippen molar-refractivity contribution in [2.75, 3.05) is 0 Å². The highest BCUT2D eigenvalue weighted by Gasteiger charge is 2.16. The second-order valence-corrected chi connectivity index (χ2v) is 3.57. The van der Waals surface area contributed by atoms with Crippen LogP contribution in [-0.2, 0) is 0 Å². The molecular weight excluding hydrogens is 204 g/mol. The molecule has 0 spiro atoms. The van der Waals surface area contributed by atoms with Gasteiger partial charge < -0.3 is 9.52 Å². The molecule has 0 aromatic carbocycles. The molecule has 2 rings (SSSR count). The standard InChI is InChI=1S/C8H6N2O3S/c1-4-2-3-14-5(4)6-9-10-7(13-6)8(11)12/h2-3H,1H3,(H,11,12). The maximum atomic E-state index is 10.5. The van der Waals surface area contributed by atoms with Crippen molar-refractivity contribution in [1.82, 2.24) is 10.2 Å². The van der Waals surface area contributed by atoms with E-state index in [4.69, 9.17) is 9.52 Å². The fourth-order valence-electron chi connectivity index (χ4n) is 0.993. The van der Waals surface area contributed by atoms with Gasteiger partial charge in [0.15, 0.2) is 0 Å². The van der Waals surface area contributed by atoms with E-state index in [-0.39, 0.29) is 11.8 Å². The highest BCUT2D eigenvalue weighted by Crippen LogP contribution is 2.27. The molecule has 0 saturated heterocycles. The zero-order valence-corrected chi connectivity index (χ0v) is 8.04. The lowest BCUT2D eigenvalue weighted by molar-refractivity contribution is 0.0654. The summed E-state index contributed by atoms with van der Waals surface area (Å²) in [5.41, 5.74) is 0.996. The molecule has 6 heteroatoms. The van der Waals surface area contributed by atoms with Gasteiger partial charge in [0.25, 0.3) is 5.89 Å². The Morgan fingerprint density at radius 3 is 2.86 bits per heavy atom. The molecule has 1 N–H and O–H groups in total. The second-order valence-electron chi connectivity index (χ2n) is 2.65. The first kappa shape index (κ1) is 8.89. The van der Waals surface area contributed by atoms with Crippen LogP contribution in [0.2, 0.25) is 0 Å². The Morgan fingerprint density at radius 1 is 1.57 bits per heavy atom. The zero-order valence-electron chi connectivity index (χ0n) is 7.22.